The van der Waals surface area contributed by atoms with Crippen molar-refractivity contribution in [3.8, 4) is 0 Å². The number of hydrogen-bond donors (Lipinski definition) is 2. The molecule has 4 heteroatoms. The summed E-state index contributed by atoms with van der Waals surface area (Å²) in [5, 5.41) is 0. The quantitative estimate of drug-likeness (QED) is 0.687. The standard InChI is InChI=1S/C24H22N2O2/c1-17-9-8-10-18(15-17)22(27)25-26-23(28)21-16-24(21,19-11-4-2-5-12-19)20-13-6-3-7-14-20/h2-15,21H,16H2,1H3,(H,25,27)(H,26,28)/t21-/m0/s1. The maximum atomic E-state index is 12.8. The minimum absolute atomic E-state index is 0.172. The van der Waals surface area contributed by atoms with Gasteiger partial charge in [0.1, 0.15) is 0 Å². The maximum absolute atomic E-state index is 12.8. The SMILES string of the molecule is Cc1cccc(C(=O)NNC(=O)[C@@H]2CC2(c2ccccc2)c2ccccc2)c1. The molecule has 0 unspecified atom stereocenters. The molecule has 0 radical (unpaired) electrons. The molecule has 2 amide bonds. The van der Waals surface area contributed by atoms with Crippen LogP contribution < -0.4 is 10.9 Å². The van der Waals surface area contributed by atoms with Crippen LogP contribution in [0.15, 0.2) is 84.9 Å². The third-order valence-electron chi connectivity index (χ3n) is 5.43. The predicted molar refractivity (Wildman–Crippen MR) is 109 cm³/mol. The number of amides is 2. The fourth-order valence-corrected chi connectivity index (χ4v) is 3.92. The zero-order chi connectivity index (χ0) is 19.6. The van der Waals surface area contributed by atoms with Crippen LogP contribution in [-0.4, -0.2) is 11.8 Å². The summed E-state index contributed by atoms with van der Waals surface area (Å²) in [6, 6.07) is 27.4. The van der Waals surface area contributed by atoms with Crippen molar-refractivity contribution in [1.82, 2.24) is 10.9 Å². The molecule has 3 aromatic carbocycles. The highest BCUT2D eigenvalue weighted by Crippen LogP contribution is 2.58. The van der Waals surface area contributed by atoms with Gasteiger partial charge in [0.2, 0.25) is 5.91 Å². The van der Waals surface area contributed by atoms with E-state index in [9.17, 15) is 9.59 Å². The van der Waals surface area contributed by atoms with Crippen LogP contribution in [0.1, 0.15) is 33.5 Å². The summed E-state index contributed by atoms with van der Waals surface area (Å²) in [5.41, 5.74) is 8.57. The molecule has 0 heterocycles. The van der Waals surface area contributed by atoms with E-state index < -0.39 is 0 Å². The number of nitrogens with one attached hydrogen (secondary N) is 2. The molecule has 4 rings (SSSR count). The van der Waals surface area contributed by atoms with E-state index in [0.29, 0.717) is 12.0 Å². The van der Waals surface area contributed by atoms with Crippen molar-refractivity contribution in [2.24, 2.45) is 5.92 Å². The molecule has 1 saturated carbocycles. The van der Waals surface area contributed by atoms with E-state index in [2.05, 4.69) is 35.1 Å². The smallest absolute Gasteiger partial charge is 0.269 e. The minimum atomic E-state index is -0.347. The molecular formula is C24H22N2O2. The Hall–Kier alpha value is -3.40. The number of carbonyl (C=O) groups excluding carboxylic acids is 2. The lowest BCUT2D eigenvalue weighted by atomic mass is 9.85. The van der Waals surface area contributed by atoms with Gasteiger partial charge < -0.3 is 0 Å². The first kappa shape index (κ1) is 18.0. The molecule has 1 aliphatic rings. The van der Waals surface area contributed by atoms with E-state index >= 15 is 0 Å². The summed E-state index contributed by atoms with van der Waals surface area (Å²) in [4.78, 5) is 25.2. The normalized spacial score (nSPS) is 16.8. The Morgan fingerprint density at radius 3 is 2.00 bits per heavy atom. The Morgan fingerprint density at radius 1 is 0.821 bits per heavy atom. The summed E-state index contributed by atoms with van der Waals surface area (Å²) in [5.74, 6) is -0.716. The van der Waals surface area contributed by atoms with Gasteiger partial charge in [0, 0.05) is 11.0 Å². The summed E-state index contributed by atoms with van der Waals surface area (Å²) in [6.45, 7) is 1.92. The van der Waals surface area contributed by atoms with Crippen LogP contribution in [0, 0.1) is 12.8 Å². The lowest BCUT2D eigenvalue weighted by molar-refractivity contribution is -0.123. The van der Waals surface area contributed by atoms with Gasteiger partial charge >= 0.3 is 0 Å². The van der Waals surface area contributed by atoms with E-state index in [1.165, 1.54) is 0 Å². The van der Waals surface area contributed by atoms with Crippen LogP contribution in [0.2, 0.25) is 0 Å². The van der Waals surface area contributed by atoms with Crippen molar-refractivity contribution in [3.05, 3.63) is 107 Å². The lowest BCUT2D eigenvalue weighted by Crippen LogP contribution is -2.43. The Balaban J connectivity index is 1.51. The Morgan fingerprint density at radius 2 is 1.43 bits per heavy atom. The van der Waals surface area contributed by atoms with Crippen molar-refractivity contribution < 1.29 is 9.59 Å². The molecule has 0 bridgehead atoms. The van der Waals surface area contributed by atoms with Gasteiger partial charge in [-0.1, -0.05) is 78.4 Å². The largest absolute Gasteiger partial charge is 0.273 e. The van der Waals surface area contributed by atoms with Gasteiger partial charge in [-0.3, -0.25) is 20.4 Å². The number of aryl methyl sites for hydroxylation is 1. The van der Waals surface area contributed by atoms with E-state index in [4.69, 9.17) is 0 Å². The van der Waals surface area contributed by atoms with Gasteiger partial charge in [-0.05, 0) is 36.6 Å². The van der Waals surface area contributed by atoms with Crippen LogP contribution in [0.3, 0.4) is 0 Å². The third-order valence-corrected chi connectivity index (χ3v) is 5.43. The van der Waals surface area contributed by atoms with Gasteiger partial charge in [0.15, 0.2) is 0 Å². The van der Waals surface area contributed by atoms with Gasteiger partial charge in [-0.25, -0.2) is 0 Å². The number of benzene rings is 3. The number of hydrazine groups is 1. The molecule has 4 nitrogen and oxygen atoms in total. The van der Waals surface area contributed by atoms with Gasteiger partial charge in [-0.15, -0.1) is 0 Å². The van der Waals surface area contributed by atoms with Gasteiger partial charge in [-0.2, -0.15) is 0 Å². The van der Waals surface area contributed by atoms with Crippen LogP contribution in [0.5, 0.6) is 0 Å². The Kier molecular flexibility index (Phi) is 4.70. The van der Waals surface area contributed by atoms with Gasteiger partial charge in [0.25, 0.3) is 5.91 Å². The zero-order valence-electron chi connectivity index (χ0n) is 15.7. The predicted octanol–water partition coefficient (Wildman–Crippen LogP) is 3.76. The molecule has 0 aromatic heterocycles. The average molecular weight is 370 g/mol. The maximum Gasteiger partial charge on any atom is 0.269 e. The van der Waals surface area contributed by atoms with Crippen LogP contribution >= 0.6 is 0 Å². The molecular weight excluding hydrogens is 348 g/mol. The summed E-state index contributed by atoms with van der Waals surface area (Å²) < 4.78 is 0. The summed E-state index contributed by atoms with van der Waals surface area (Å²) in [7, 11) is 0. The first-order chi connectivity index (χ1) is 13.6. The fourth-order valence-electron chi connectivity index (χ4n) is 3.92. The van der Waals surface area contributed by atoms with E-state index in [1.54, 1.807) is 12.1 Å². The highest BCUT2D eigenvalue weighted by molar-refractivity contribution is 5.96. The second kappa shape index (κ2) is 7.31. The Bertz CT molecular complexity index is 960. The molecule has 1 fully saturated rings. The lowest BCUT2D eigenvalue weighted by Gasteiger charge is -2.19. The highest BCUT2D eigenvalue weighted by Gasteiger charge is 2.60. The highest BCUT2D eigenvalue weighted by atomic mass is 16.2. The molecule has 3 aromatic rings. The Labute approximate surface area is 164 Å². The first-order valence-corrected chi connectivity index (χ1v) is 9.39. The molecule has 1 aliphatic carbocycles. The van der Waals surface area contributed by atoms with Gasteiger partial charge in [0.05, 0.1) is 5.92 Å². The summed E-state index contributed by atoms with van der Waals surface area (Å²) >= 11 is 0. The van der Waals surface area contributed by atoms with Crippen molar-refractivity contribution in [2.45, 2.75) is 18.8 Å². The van der Waals surface area contributed by atoms with E-state index in [1.807, 2.05) is 55.5 Å². The average Bonchev–Trinajstić information content (AvgIpc) is 3.50. The molecule has 0 saturated heterocycles. The molecule has 0 spiro atoms. The third kappa shape index (κ3) is 3.29. The molecule has 140 valence electrons. The molecule has 1 atom stereocenters. The van der Waals surface area contributed by atoms with Crippen molar-refractivity contribution in [3.63, 3.8) is 0 Å². The van der Waals surface area contributed by atoms with Crippen LogP contribution in [0.4, 0.5) is 0 Å². The second-order valence-electron chi connectivity index (χ2n) is 7.27. The van der Waals surface area contributed by atoms with Crippen LogP contribution in [-0.2, 0) is 10.2 Å². The van der Waals surface area contributed by atoms with Crippen molar-refractivity contribution in [2.75, 3.05) is 0 Å². The van der Waals surface area contributed by atoms with Crippen molar-refractivity contribution in [1.29, 1.82) is 0 Å². The number of rotatable bonds is 4. The summed E-state index contributed by atoms with van der Waals surface area (Å²) in [6.07, 6.45) is 0.715. The van der Waals surface area contributed by atoms with Crippen LogP contribution in [0.25, 0.3) is 0 Å². The molecule has 0 aliphatic heterocycles. The second-order valence-corrected chi connectivity index (χ2v) is 7.27. The number of hydrogen-bond acceptors (Lipinski definition) is 2. The zero-order valence-corrected chi connectivity index (χ0v) is 15.7. The molecule has 28 heavy (non-hydrogen) atoms. The monoisotopic (exact) mass is 370 g/mol. The molecule has 2 N–H and O–H groups in total. The topological polar surface area (TPSA) is 58.2 Å². The van der Waals surface area contributed by atoms with E-state index in [0.717, 1.165) is 16.7 Å². The van der Waals surface area contributed by atoms with Crippen molar-refractivity contribution >= 4 is 11.8 Å². The van der Waals surface area contributed by atoms with E-state index in [-0.39, 0.29) is 23.1 Å². The fraction of sp³-hybridized carbons (Fsp3) is 0.167. The minimum Gasteiger partial charge on any atom is -0.273 e. The first-order valence-electron chi connectivity index (χ1n) is 9.39. The number of carbonyl (C=O) groups is 2.